The van der Waals surface area contributed by atoms with Gasteiger partial charge in [-0.25, -0.2) is 9.37 Å². The molecular formula is C21H17FN4O2S. The average Bonchev–Trinajstić information content (AvgIpc) is 2.73. The summed E-state index contributed by atoms with van der Waals surface area (Å²) in [6.07, 6.45) is 0. The number of H-pyrrole nitrogens is 1. The molecule has 0 saturated carbocycles. The molecule has 2 aromatic carbocycles. The van der Waals surface area contributed by atoms with E-state index in [2.05, 4.69) is 15.3 Å². The van der Waals surface area contributed by atoms with E-state index in [-0.39, 0.29) is 34.7 Å². The lowest BCUT2D eigenvalue weighted by Crippen LogP contribution is -2.30. The molecule has 6 nitrogen and oxygen atoms in total. The predicted octanol–water partition coefficient (Wildman–Crippen LogP) is 3.24. The Bertz CT molecular complexity index is 1110. The van der Waals surface area contributed by atoms with Gasteiger partial charge >= 0.3 is 0 Å². The number of rotatable bonds is 6. The molecule has 8 heteroatoms. The summed E-state index contributed by atoms with van der Waals surface area (Å²) >= 11 is 1.08. The normalized spacial score (nSPS) is 11.5. The highest BCUT2D eigenvalue weighted by atomic mass is 32.2. The first-order valence-electron chi connectivity index (χ1n) is 8.76. The first-order valence-corrected chi connectivity index (χ1v) is 9.64. The van der Waals surface area contributed by atoms with Crippen LogP contribution in [0.4, 0.5) is 4.39 Å². The quantitative estimate of drug-likeness (QED) is 0.482. The monoisotopic (exact) mass is 408 g/mol. The zero-order valence-electron chi connectivity index (χ0n) is 15.5. The molecule has 3 rings (SSSR count). The summed E-state index contributed by atoms with van der Waals surface area (Å²) < 4.78 is 13.0. The van der Waals surface area contributed by atoms with Crippen LogP contribution in [-0.4, -0.2) is 21.1 Å². The second kappa shape index (κ2) is 9.17. The number of carbonyl (C=O) groups is 1. The number of hydrogen-bond acceptors (Lipinski definition) is 5. The largest absolute Gasteiger partial charge is 0.351 e. The Morgan fingerprint density at radius 2 is 1.93 bits per heavy atom. The van der Waals surface area contributed by atoms with E-state index in [0.29, 0.717) is 5.56 Å². The number of aromatic amines is 1. The van der Waals surface area contributed by atoms with Crippen molar-refractivity contribution in [3.63, 3.8) is 0 Å². The van der Waals surface area contributed by atoms with Crippen molar-refractivity contribution in [1.29, 1.82) is 5.26 Å². The van der Waals surface area contributed by atoms with Crippen LogP contribution in [0, 0.1) is 17.1 Å². The lowest BCUT2D eigenvalue weighted by Gasteiger charge is -2.12. The fourth-order valence-electron chi connectivity index (χ4n) is 2.57. The van der Waals surface area contributed by atoms with Crippen molar-refractivity contribution < 1.29 is 9.18 Å². The minimum atomic E-state index is -0.553. The third kappa shape index (κ3) is 5.09. The van der Waals surface area contributed by atoms with Crippen LogP contribution < -0.4 is 10.9 Å². The number of nitriles is 1. The Morgan fingerprint density at radius 1 is 1.24 bits per heavy atom. The maximum Gasteiger partial charge on any atom is 0.270 e. The minimum absolute atomic E-state index is 0.0750. The zero-order chi connectivity index (χ0) is 20.8. The van der Waals surface area contributed by atoms with Gasteiger partial charge in [-0.2, -0.15) is 5.26 Å². The molecule has 0 bridgehead atoms. The highest BCUT2D eigenvalue weighted by Gasteiger charge is 2.19. The molecule has 0 radical (unpaired) electrons. The van der Waals surface area contributed by atoms with Gasteiger partial charge in [-0.05, 0) is 24.6 Å². The third-order valence-electron chi connectivity index (χ3n) is 4.09. The van der Waals surface area contributed by atoms with Gasteiger partial charge in [0.1, 0.15) is 17.4 Å². The summed E-state index contributed by atoms with van der Waals surface area (Å²) in [5.41, 5.74) is 1.06. The second-order valence-corrected chi connectivity index (χ2v) is 7.51. The first kappa shape index (κ1) is 20.3. The van der Waals surface area contributed by atoms with Gasteiger partial charge in [0, 0.05) is 12.1 Å². The molecule has 0 fully saturated rings. The van der Waals surface area contributed by atoms with Crippen LogP contribution in [0.1, 0.15) is 18.1 Å². The molecule has 0 aliphatic carbocycles. The molecule has 0 saturated heterocycles. The summed E-state index contributed by atoms with van der Waals surface area (Å²) in [4.78, 5) is 31.6. The number of halogens is 1. The molecule has 1 aromatic heterocycles. The van der Waals surface area contributed by atoms with Gasteiger partial charge in [0.25, 0.3) is 5.56 Å². The number of aromatic nitrogens is 2. The van der Waals surface area contributed by atoms with Crippen LogP contribution in [0.3, 0.4) is 0 Å². The number of nitrogens with zero attached hydrogens (tertiary/aromatic N) is 2. The topological polar surface area (TPSA) is 98.6 Å². The van der Waals surface area contributed by atoms with E-state index < -0.39 is 10.8 Å². The Hall–Kier alpha value is -3.44. The molecule has 1 heterocycles. The van der Waals surface area contributed by atoms with Crippen molar-refractivity contribution in [2.75, 3.05) is 0 Å². The van der Waals surface area contributed by atoms with E-state index >= 15 is 0 Å². The SMILES string of the molecule is C[C@H](Sc1nc(-c2ccccc2)c(C#N)c(=O)[nH]1)C(=O)NCc1ccc(F)cc1. The van der Waals surface area contributed by atoms with Gasteiger partial charge in [-0.3, -0.25) is 9.59 Å². The van der Waals surface area contributed by atoms with E-state index in [0.717, 1.165) is 17.3 Å². The summed E-state index contributed by atoms with van der Waals surface area (Å²) in [6, 6.07) is 16.7. The molecule has 3 aromatic rings. The lowest BCUT2D eigenvalue weighted by atomic mass is 10.1. The molecule has 0 aliphatic rings. The first-order chi connectivity index (χ1) is 14.0. The van der Waals surface area contributed by atoms with Crippen LogP contribution in [0.2, 0.25) is 0 Å². The molecular weight excluding hydrogens is 391 g/mol. The van der Waals surface area contributed by atoms with Crippen LogP contribution in [0.15, 0.2) is 64.5 Å². The number of amides is 1. The predicted molar refractivity (Wildman–Crippen MR) is 109 cm³/mol. The molecule has 0 spiro atoms. The number of benzene rings is 2. The van der Waals surface area contributed by atoms with Crippen LogP contribution in [0.5, 0.6) is 0 Å². The standard InChI is InChI=1S/C21H17FN4O2S/c1-13(19(27)24-12-14-7-9-16(22)10-8-14)29-21-25-18(15-5-3-2-4-6-15)17(11-23)20(28)26-21/h2-10,13H,12H2,1H3,(H,24,27)(H,25,26,28)/t13-/m0/s1. The van der Waals surface area contributed by atoms with E-state index in [1.807, 2.05) is 12.1 Å². The highest BCUT2D eigenvalue weighted by molar-refractivity contribution is 8.00. The van der Waals surface area contributed by atoms with E-state index in [4.69, 9.17) is 0 Å². The van der Waals surface area contributed by atoms with Gasteiger partial charge in [0.05, 0.1) is 10.9 Å². The highest BCUT2D eigenvalue weighted by Crippen LogP contribution is 2.24. The molecule has 1 atom stereocenters. The Morgan fingerprint density at radius 3 is 2.59 bits per heavy atom. The van der Waals surface area contributed by atoms with Crippen LogP contribution in [0.25, 0.3) is 11.3 Å². The summed E-state index contributed by atoms with van der Waals surface area (Å²) in [5.74, 6) is -0.596. The summed E-state index contributed by atoms with van der Waals surface area (Å²) in [6.45, 7) is 1.95. The van der Waals surface area contributed by atoms with Gasteiger partial charge in [0.15, 0.2) is 5.16 Å². The zero-order valence-corrected chi connectivity index (χ0v) is 16.3. The number of nitrogens with one attached hydrogen (secondary N) is 2. The van der Waals surface area contributed by atoms with Crippen molar-refractivity contribution in [2.45, 2.75) is 23.9 Å². The van der Waals surface area contributed by atoms with Crippen molar-refractivity contribution in [3.05, 3.63) is 81.9 Å². The van der Waals surface area contributed by atoms with Crippen LogP contribution >= 0.6 is 11.8 Å². The Kier molecular flexibility index (Phi) is 6.42. The van der Waals surface area contributed by atoms with Crippen molar-refractivity contribution in [3.8, 4) is 17.3 Å². The second-order valence-electron chi connectivity index (χ2n) is 6.18. The molecule has 2 N–H and O–H groups in total. The molecule has 146 valence electrons. The number of carbonyl (C=O) groups excluding carboxylic acids is 1. The molecule has 1 amide bonds. The van der Waals surface area contributed by atoms with Crippen LogP contribution in [-0.2, 0) is 11.3 Å². The van der Waals surface area contributed by atoms with Crippen molar-refractivity contribution in [2.24, 2.45) is 0 Å². The van der Waals surface area contributed by atoms with Crippen molar-refractivity contribution in [1.82, 2.24) is 15.3 Å². The minimum Gasteiger partial charge on any atom is -0.351 e. The maximum absolute atomic E-state index is 13.0. The van der Waals surface area contributed by atoms with Crippen molar-refractivity contribution >= 4 is 17.7 Å². The Balaban J connectivity index is 1.74. The third-order valence-corrected chi connectivity index (χ3v) is 5.08. The van der Waals surface area contributed by atoms with Gasteiger partial charge in [0.2, 0.25) is 5.91 Å². The number of thioether (sulfide) groups is 1. The van der Waals surface area contributed by atoms with Gasteiger partial charge in [-0.1, -0.05) is 54.2 Å². The van der Waals surface area contributed by atoms with Gasteiger partial charge in [-0.15, -0.1) is 0 Å². The molecule has 0 aliphatic heterocycles. The van der Waals surface area contributed by atoms with Gasteiger partial charge < -0.3 is 10.3 Å². The smallest absolute Gasteiger partial charge is 0.270 e. The van der Waals surface area contributed by atoms with E-state index in [9.17, 15) is 19.2 Å². The summed E-state index contributed by atoms with van der Waals surface area (Å²) in [7, 11) is 0. The fraction of sp³-hybridized carbons (Fsp3) is 0.143. The lowest BCUT2D eigenvalue weighted by molar-refractivity contribution is -0.120. The Labute approximate surface area is 170 Å². The average molecular weight is 408 g/mol. The molecule has 29 heavy (non-hydrogen) atoms. The maximum atomic E-state index is 13.0. The van der Waals surface area contributed by atoms with E-state index in [1.54, 1.807) is 43.3 Å². The fourth-order valence-corrected chi connectivity index (χ4v) is 3.39. The molecule has 0 unspecified atom stereocenters. The van der Waals surface area contributed by atoms with E-state index in [1.165, 1.54) is 12.1 Å². The summed E-state index contributed by atoms with van der Waals surface area (Å²) in [5, 5.41) is 11.8. The number of hydrogen-bond donors (Lipinski definition) is 2.